The molecule has 4 rings (SSSR count). The summed E-state index contributed by atoms with van der Waals surface area (Å²) in [5.41, 5.74) is 3.10. The first-order chi connectivity index (χ1) is 10.8. The van der Waals surface area contributed by atoms with Crippen LogP contribution in [0.1, 0.15) is 66.7 Å². The molecule has 3 aliphatic rings. The van der Waals surface area contributed by atoms with Gasteiger partial charge in [-0.25, -0.2) is 0 Å². The molecule has 5 heteroatoms. The summed E-state index contributed by atoms with van der Waals surface area (Å²) in [6, 6.07) is 0.349. The molecule has 0 saturated heterocycles. The van der Waals surface area contributed by atoms with Gasteiger partial charge in [-0.15, -0.1) is 0 Å². The zero-order valence-corrected chi connectivity index (χ0v) is 13.2. The van der Waals surface area contributed by atoms with Gasteiger partial charge in [0.25, 0.3) is 5.91 Å². The van der Waals surface area contributed by atoms with Crippen LogP contribution in [0.25, 0.3) is 0 Å². The molecule has 0 spiro atoms. The Hall–Kier alpha value is -1.36. The molecule has 2 heterocycles. The van der Waals surface area contributed by atoms with Crippen molar-refractivity contribution < 1.29 is 4.79 Å². The molecule has 1 amide bonds. The minimum absolute atomic E-state index is 0.0430. The van der Waals surface area contributed by atoms with E-state index in [-0.39, 0.29) is 5.91 Å². The minimum Gasteiger partial charge on any atom is -0.348 e. The fourth-order valence-corrected chi connectivity index (χ4v) is 3.80. The number of carbonyl (C=O) groups is 1. The van der Waals surface area contributed by atoms with E-state index in [0.717, 1.165) is 50.4 Å². The fourth-order valence-electron chi connectivity index (χ4n) is 3.80. The average Bonchev–Trinajstić information content (AvgIpc) is 3.29. The number of hydrogen-bond acceptors (Lipinski definition) is 3. The van der Waals surface area contributed by atoms with Crippen LogP contribution in [-0.4, -0.2) is 28.3 Å². The van der Waals surface area contributed by atoms with Crippen LogP contribution in [0.4, 0.5) is 0 Å². The van der Waals surface area contributed by atoms with E-state index in [1.54, 1.807) is 0 Å². The Morgan fingerprint density at radius 1 is 1.23 bits per heavy atom. The molecule has 2 fully saturated rings. The van der Waals surface area contributed by atoms with Crippen LogP contribution in [0, 0.1) is 5.92 Å². The summed E-state index contributed by atoms with van der Waals surface area (Å²) in [5, 5.41) is 11.3. The third-order valence-electron chi connectivity index (χ3n) is 5.29. The molecule has 2 aliphatic carbocycles. The Balaban J connectivity index is 1.54. The molecule has 5 nitrogen and oxygen atoms in total. The molecule has 0 unspecified atom stereocenters. The highest BCUT2D eigenvalue weighted by Gasteiger charge is 2.29. The number of nitrogens with zero attached hydrogens (tertiary/aromatic N) is 2. The minimum atomic E-state index is 0.0430. The second-order valence-corrected chi connectivity index (χ2v) is 7.13. The number of fused-ring (bicyclic) bond motifs is 1. The van der Waals surface area contributed by atoms with Crippen molar-refractivity contribution in [2.75, 3.05) is 6.54 Å². The normalized spacial score (nSPS) is 22.4. The summed E-state index contributed by atoms with van der Waals surface area (Å²) in [5.74, 6) is 0.828. The standard InChI is InChI=1S/C17H26N4O/c22-17(19-13-4-2-1-3-5-13)16-14-10-18-9-8-15(14)21(20-16)11-12-6-7-12/h12-13,18H,1-11H2,(H,19,22). The van der Waals surface area contributed by atoms with Crippen LogP contribution in [0.5, 0.6) is 0 Å². The Bertz CT molecular complexity index is 555. The molecule has 2 saturated carbocycles. The maximum absolute atomic E-state index is 12.7. The van der Waals surface area contributed by atoms with Crippen LogP contribution in [0.15, 0.2) is 0 Å². The third-order valence-corrected chi connectivity index (χ3v) is 5.29. The Morgan fingerprint density at radius 2 is 2.05 bits per heavy atom. The molecular weight excluding hydrogens is 276 g/mol. The monoisotopic (exact) mass is 302 g/mol. The average molecular weight is 302 g/mol. The lowest BCUT2D eigenvalue weighted by Gasteiger charge is -2.22. The van der Waals surface area contributed by atoms with E-state index in [1.165, 1.54) is 37.8 Å². The van der Waals surface area contributed by atoms with Gasteiger partial charge < -0.3 is 10.6 Å². The Morgan fingerprint density at radius 3 is 2.82 bits per heavy atom. The van der Waals surface area contributed by atoms with Crippen molar-refractivity contribution in [3.63, 3.8) is 0 Å². The molecule has 22 heavy (non-hydrogen) atoms. The maximum atomic E-state index is 12.7. The predicted octanol–water partition coefficient (Wildman–Crippen LogP) is 2.00. The molecule has 1 aliphatic heterocycles. The Labute approximate surface area is 131 Å². The van der Waals surface area contributed by atoms with Crippen molar-refractivity contribution in [2.45, 2.75) is 70.5 Å². The van der Waals surface area contributed by atoms with Crippen molar-refractivity contribution >= 4 is 5.91 Å². The largest absolute Gasteiger partial charge is 0.348 e. The van der Waals surface area contributed by atoms with Crippen molar-refractivity contribution in [1.82, 2.24) is 20.4 Å². The van der Waals surface area contributed by atoms with E-state index in [0.29, 0.717) is 11.7 Å². The second kappa shape index (κ2) is 6.03. The lowest BCUT2D eigenvalue weighted by atomic mass is 9.95. The number of carbonyl (C=O) groups excluding carboxylic acids is 1. The summed E-state index contributed by atoms with van der Waals surface area (Å²) in [4.78, 5) is 12.7. The maximum Gasteiger partial charge on any atom is 0.272 e. The number of aromatic nitrogens is 2. The van der Waals surface area contributed by atoms with Gasteiger partial charge in [0.1, 0.15) is 0 Å². The summed E-state index contributed by atoms with van der Waals surface area (Å²) in [7, 11) is 0. The topological polar surface area (TPSA) is 59.0 Å². The summed E-state index contributed by atoms with van der Waals surface area (Å²) in [6.45, 7) is 2.78. The van der Waals surface area contributed by atoms with Gasteiger partial charge in [0.05, 0.1) is 0 Å². The molecule has 0 atom stereocenters. The third kappa shape index (κ3) is 2.91. The summed E-state index contributed by atoms with van der Waals surface area (Å²) < 4.78 is 2.13. The van der Waals surface area contributed by atoms with Crippen molar-refractivity contribution in [3.05, 3.63) is 17.0 Å². The number of amides is 1. The van der Waals surface area contributed by atoms with Crippen molar-refractivity contribution in [3.8, 4) is 0 Å². The highest BCUT2D eigenvalue weighted by atomic mass is 16.2. The van der Waals surface area contributed by atoms with Gasteiger partial charge in [0.15, 0.2) is 5.69 Å². The molecule has 2 N–H and O–H groups in total. The molecular formula is C17H26N4O. The van der Waals surface area contributed by atoms with Gasteiger partial charge in [-0.3, -0.25) is 9.48 Å². The number of rotatable bonds is 4. The van der Waals surface area contributed by atoms with Gasteiger partial charge in [0.2, 0.25) is 0 Å². The van der Waals surface area contributed by atoms with E-state index in [1.807, 2.05) is 0 Å². The molecule has 1 aromatic rings. The van der Waals surface area contributed by atoms with Crippen molar-refractivity contribution in [1.29, 1.82) is 0 Å². The second-order valence-electron chi connectivity index (χ2n) is 7.13. The van der Waals surface area contributed by atoms with Crippen LogP contribution in [0.2, 0.25) is 0 Å². The Kier molecular flexibility index (Phi) is 3.90. The van der Waals surface area contributed by atoms with Crippen molar-refractivity contribution in [2.24, 2.45) is 5.92 Å². The van der Waals surface area contributed by atoms with Gasteiger partial charge in [0, 0.05) is 43.4 Å². The zero-order chi connectivity index (χ0) is 14.9. The molecule has 120 valence electrons. The van der Waals surface area contributed by atoms with Crippen LogP contribution < -0.4 is 10.6 Å². The van der Waals surface area contributed by atoms with E-state index in [4.69, 9.17) is 5.10 Å². The van der Waals surface area contributed by atoms with Gasteiger partial charge in [-0.2, -0.15) is 5.10 Å². The van der Waals surface area contributed by atoms with E-state index < -0.39 is 0 Å². The van der Waals surface area contributed by atoms with E-state index >= 15 is 0 Å². The van der Waals surface area contributed by atoms with Gasteiger partial charge >= 0.3 is 0 Å². The first-order valence-electron chi connectivity index (χ1n) is 8.91. The first-order valence-corrected chi connectivity index (χ1v) is 8.91. The molecule has 0 bridgehead atoms. The smallest absolute Gasteiger partial charge is 0.272 e. The van der Waals surface area contributed by atoms with E-state index in [2.05, 4.69) is 15.3 Å². The van der Waals surface area contributed by atoms with Crippen LogP contribution in [0.3, 0.4) is 0 Å². The molecule has 0 radical (unpaired) electrons. The van der Waals surface area contributed by atoms with Crippen LogP contribution >= 0.6 is 0 Å². The van der Waals surface area contributed by atoms with Gasteiger partial charge in [-0.05, 0) is 31.6 Å². The van der Waals surface area contributed by atoms with Gasteiger partial charge in [-0.1, -0.05) is 19.3 Å². The highest BCUT2D eigenvalue weighted by Crippen LogP contribution is 2.32. The number of hydrogen-bond donors (Lipinski definition) is 2. The summed E-state index contributed by atoms with van der Waals surface area (Å²) >= 11 is 0. The SMILES string of the molecule is O=C(NC1CCCCC1)c1nn(CC2CC2)c2c1CNCC2. The fraction of sp³-hybridized carbons (Fsp3) is 0.765. The zero-order valence-electron chi connectivity index (χ0n) is 13.2. The highest BCUT2D eigenvalue weighted by molar-refractivity contribution is 5.94. The molecule has 0 aromatic carbocycles. The predicted molar refractivity (Wildman–Crippen MR) is 84.7 cm³/mol. The first kappa shape index (κ1) is 14.2. The summed E-state index contributed by atoms with van der Waals surface area (Å²) in [6.07, 6.45) is 9.64. The quantitative estimate of drug-likeness (QED) is 0.894. The number of nitrogens with one attached hydrogen (secondary N) is 2. The lowest BCUT2D eigenvalue weighted by Crippen LogP contribution is -2.37. The lowest BCUT2D eigenvalue weighted by molar-refractivity contribution is 0.0920. The van der Waals surface area contributed by atoms with E-state index in [9.17, 15) is 4.79 Å². The van der Waals surface area contributed by atoms with Crippen LogP contribution in [-0.2, 0) is 19.5 Å². The molecule has 1 aromatic heterocycles.